The van der Waals surface area contributed by atoms with E-state index in [-0.39, 0.29) is 5.60 Å². The van der Waals surface area contributed by atoms with Crippen molar-refractivity contribution in [2.75, 3.05) is 46.1 Å². The van der Waals surface area contributed by atoms with Crippen LogP contribution in [0.3, 0.4) is 0 Å². The highest BCUT2D eigenvalue weighted by molar-refractivity contribution is 5.15. The Kier molecular flexibility index (Phi) is 6.43. The van der Waals surface area contributed by atoms with Gasteiger partial charge in [-0.3, -0.25) is 9.88 Å². The Morgan fingerprint density at radius 2 is 1.96 bits per heavy atom. The molecule has 3 fully saturated rings. The van der Waals surface area contributed by atoms with Gasteiger partial charge >= 0.3 is 0 Å². The van der Waals surface area contributed by atoms with Gasteiger partial charge in [0.1, 0.15) is 0 Å². The van der Waals surface area contributed by atoms with Crippen molar-refractivity contribution in [3.05, 3.63) is 29.6 Å². The fraction of sp³-hybridized carbons (Fsp3) is 0.773. The number of likely N-dealkylation sites (tertiary alicyclic amines) is 1. The number of hydrogen-bond acceptors (Lipinski definition) is 5. The average molecular weight is 375 g/mol. The fourth-order valence-electron chi connectivity index (χ4n) is 4.92. The van der Waals surface area contributed by atoms with Gasteiger partial charge in [-0.25, -0.2) is 0 Å². The van der Waals surface area contributed by atoms with E-state index in [0.717, 1.165) is 57.8 Å². The van der Waals surface area contributed by atoms with Crippen molar-refractivity contribution in [3.8, 4) is 0 Å². The minimum atomic E-state index is 0.133. The largest absolute Gasteiger partial charge is 0.381 e. The summed E-state index contributed by atoms with van der Waals surface area (Å²) in [5.41, 5.74) is 2.49. The van der Waals surface area contributed by atoms with Crippen molar-refractivity contribution < 1.29 is 14.2 Å². The molecule has 1 unspecified atom stereocenters. The summed E-state index contributed by atoms with van der Waals surface area (Å²) in [7, 11) is 0. The Labute approximate surface area is 163 Å². The van der Waals surface area contributed by atoms with Crippen LogP contribution in [0.4, 0.5) is 0 Å². The molecule has 0 aromatic carbocycles. The molecule has 0 saturated carbocycles. The number of pyridine rings is 1. The van der Waals surface area contributed by atoms with E-state index in [2.05, 4.69) is 22.9 Å². The van der Waals surface area contributed by atoms with E-state index >= 15 is 0 Å². The van der Waals surface area contributed by atoms with Crippen molar-refractivity contribution in [2.45, 2.75) is 51.2 Å². The first-order chi connectivity index (χ1) is 13.2. The Morgan fingerprint density at radius 3 is 2.78 bits per heavy atom. The van der Waals surface area contributed by atoms with E-state index in [4.69, 9.17) is 14.2 Å². The Hall–Kier alpha value is -1.01. The number of ether oxygens (including phenoxy) is 3. The summed E-state index contributed by atoms with van der Waals surface area (Å²) >= 11 is 0. The molecular formula is C22H34N2O3. The van der Waals surface area contributed by atoms with Gasteiger partial charge < -0.3 is 14.2 Å². The van der Waals surface area contributed by atoms with Gasteiger partial charge in [0.05, 0.1) is 12.2 Å². The van der Waals surface area contributed by atoms with Crippen LogP contribution in [0.1, 0.15) is 43.2 Å². The quantitative estimate of drug-likeness (QED) is 0.686. The van der Waals surface area contributed by atoms with E-state index in [9.17, 15) is 0 Å². The second-order valence-electron chi connectivity index (χ2n) is 8.83. The first-order valence-electron chi connectivity index (χ1n) is 10.6. The molecule has 0 bridgehead atoms. The van der Waals surface area contributed by atoms with Gasteiger partial charge in [0.15, 0.2) is 0 Å². The number of aromatic nitrogens is 1. The lowest BCUT2D eigenvalue weighted by Gasteiger charge is -2.54. The number of rotatable bonds is 7. The molecule has 4 heterocycles. The summed E-state index contributed by atoms with van der Waals surface area (Å²) < 4.78 is 17.6. The number of nitrogens with zero attached hydrogens (tertiary/aromatic N) is 2. The van der Waals surface area contributed by atoms with Crippen LogP contribution in [0.25, 0.3) is 0 Å². The van der Waals surface area contributed by atoms with Crippen molar-refractivity contribution in [1.29, 1.82) is 0 Å². The maximum absolute atomic E-state index is 6.22. The second kappa shape index (κ2) is 8.99. The molecule has 0 aliphatic carbocycles. The predicted octanol–water partition coefficient (Wildman–Crippen LogP) is 3.20. The van der Waals surface area contributed by atoms with Gasteiger partial charge in [-0.15, -0.1) is 0 Å². The molecular weight excluding hydrogens is 340 g/mol. The molecule has 27 heavy (non-hydrogen) atoms. The molecule has 1 aromatic rings. The average Bonchev–Trinajstić information content (AvgIpc) is 2.65. The lowest BCUT2D eigenvalue weighted by atomic mass is 9.78. The van der Waals surface area contributed by atoms with Crippen LogP contribution >= 0.6 is 0 Å². The SMILES string of the molecule is Cc1cncc(COCCC2CCOC3(C2)CN(CC2CCOCC2)C3)c1. The molecule has 4 rings (SSSR count). The van der Waals surface area contributed by atoms with Crippen LogP contribution in [0, 0.1) is 18.8 Å². The van der Waals surface area contributed by atoms with E-state index in [1.54, 1.807) is 0 Å². The van der Waals surface area contributed by atoms with Crippen molar-refractivity contribution >= 4 is 0 Å². The van der Waals surface area contributed by atoms with Gasteiger partial charge in [0.2, 0.25) is 0 Å². The first kappa shape index (κ1) is 19.3. The zero-order valence-electron chi connectivity index (χ0n) is 16.7. The van der Waals surface area contributed by atoms with Crippen molar-refractivity contribution in [3.63, 3.8) is 0 Å². The standard InChI is InChI=1S/C22H34N2O3/c1-18-10-21(13-23-12-18)15-26-8-2-19-5-9-27-22(11-19)16-24(17-22)14-20-3-6-25-7-4-20/h10,12-13,19-20H,2-9,11,14-17H2,1H3. The monoisotopic (exact) mass is 374 g/mol. The number of hydrogen-bond donors (Lipinski definition) is 0. The van der Waals surface area contributed by atoms with E-state index in [1.807, 2.05) is 12.4 Å². The fourth-order valence-corrected chi connectivity index (χ4v) is 4.92. The molecule has 3 aliphatic rings. The smallest absolute Gasteiger partial charge is 0.0937 e. The normalized spacial score (nSPS) is 26.2. The molecule has 1 atom stereocenters. The van der Waals surface area contributed by atoms with Crippen molar-refractivity contribution in [1.82, 2.24) is 9.88 Å². The van der Waals surface area contributed by atoms with E-state index < -0.39 is 0 Å². The van der Waals surface area contributed by atoms with E-state index in [1.165, 1.54) is 43.4 Å². The van der Waals surface area contributed by atoms with Gasteiger partial charge in [-0.05, 0) is 62.0 Å². The minimum Gasteiger partial charge on any atom is -0.381 e. The highest BCUT2D eigenvalue weighted by Gasteiger charge is 2.47. The lowest BCUT2D eigenvalue weighted by Crippen LogP contribution is -2.65. The summed E-state index contributed by atoms with van der Waals surface area (Å²) in [5, 5.41) is 0. The minimum absolute atomic E-state index is 0.133. The second-order valence-corrected chi connectivity index (χ2v) is 8.83. The van der Waals surface area contributed by atoms with Crippen LogP contribution in [0.5, 0.6) is 0 Å². The molecule has 1 aromatic heterocycles. The highest BCUT2D eigenvalue weighted by atomic mass is 16.5. The molecule has 5 heteroatoms. The van der Waals surface area contributed by atoms with E-state index in [0.29, 0.717) is 6.61 Å². The molecule has 3 aliphatic heterocycles. The predicted molar refractivity (Wildman–Crippen MR) is 105 cm³/mol. The summed E-state index contributed by atoms with van der Waals surface area (Å²) in [4.78, 5) is 6.83. The maximum atomic E-state index is 6.22. The van der Waals surface area contributed by atoms with Crippen LogP contribution in [-0.2, 0) is 20.8 Å². The lowest BCUT2D eigenvalue weighted by molar-refractivity contribution is -0.183. The Bertz CT molecular complexity index is 597. The molecule has 150 valence electrons. The summed E-state index contributed by atoms with van der Waals surface area (Å²) in [6.07, 6.45) is 9.75. The summed E-state index contributed by atoms with van der Waals surface area (Å²) in [5.74, 6) is 1.56. The molecule has 0 radical (unpaired) electrons. The first-order valence-corrected chi connectivity index (χ1v) is 10.6. The Morgan fingerprint density at radius 1 is 1.15 bits per heavy atom. The molecule has 1 spiro atoms. The maximum Gasteiger partial charge on any atom is 0.0937 e. The zero-order valence-corrected chi connectivity index (χ0v) is 16.7. The highest BCUT2D eigenvalue weighted by Crippen LogP contribution is 2.38. The summed E-state index contributed by atoms with van der Waals surface area (Å²) in [6, 6.07) is 2.15. The zero-order chi connectivity index (χ0) is 18.5. The third-order valence-electron chi connectivity index (χ3n) is 6.35. The molecule has 5 nitrogen and oxygen atoms in total. The Balaban J connectivity index is 1.15. The van der Waals surface area contributed by atoms with Crippen LogP contribution in [-0.4, -0.2) is 61.5 Å². The van der Waals surface area contributed by atoms with Crippen LogP contribution < -0.4 is 0 Å². The van der Waals surface area contributed by atoms with Crippen LogP contribution in [0.15, 0.2) is 18.5 Å². The number of aryl methyl sites for hydroxylation is 1. The molecule has 0 N–H and O–H groups in total. The van der Waals surface area contributed by atoms with Gasteiger partial charge in [-0.1, -0.05) is 6.07 Å². The van der Waals surface area contributed by atoms with Crippen molar-refractivity contribution in [2.24, 2.45) is 11.8 Å². The van der Waals surface area contributed by atoms with Gasteiger partial charge in [-0.2, -0.15) is 0 Å². The summed E-state index contributed by atoms with van der Waals surface area (Å²) in [6.45, 7) is 9.85. The molecule has 3 saturated heterocycles. The topological polar surface area (TPSA) is 43.8 Å². The molecule has 0 amide bonds. The third kappa shape index (κ3) is 5.29. The van der Waals surface area contributed by atoms with Gasteiger partial charge in [0.25, 0.3) is 0 Å². The van der Waals surface area contributed by atoms with Gasteiger partial charge in [0, 0.05) is 58.5 Å². The van der Waals surface area contributed by atoms with Crippen LogP contribution in [0.2, 0.25) is 0 Å². The third-order valence-corrected chi connectivity index (χ3v) is 6.35.